The van der Waals surface area contributed by atoms with E-state index < -0.39 is 0 Å². The normalized spacial score (nSPS) is 22.7. The van der Waals surface area contributed by atoms with Crippen molar-refractivity contribution in [1.82, 2.24) is 9.80 Å². The van der Waals surface area contributed by atoms with Crippen LogP contribution >= 0.6 is 24.8 Å². The van der Waals surface area contributed by atoms with Crippen molar-refractivity contribution in [2.24, 2.45) is 5.73 Å². The summed E-state index contributed by atoms with van der Waals surface area (Å²) in [5.41, 5.74) is 6.43. The summed E-state index contributed by atoms with van der Waals surface area (Å²) in [5.74, 6) is 0.489. The highest BCUT2D eigenvalue weighted by molar-refractivity contribution is 5.85. The maximum absolute atomic E-state index is 13.5. The number of hydrogen-bond acceptors (Lipinski definition) is 5. The molecule has 0 aliphatic carbocycles. The number of halogens is 3. The van der Waals surface area contributed by atoms with E-state index in [1.54, 1.807) is 13.2 Å². The minimum atomic E-state index is -0.344. The van der Waals surface area contributed by atoms with Gasteiger partial charge in [-0.05, 0) is 31.0 Å². The first-order valence-electron chi connectivity index (χ1n) is 8.79. The zero-order valence-corrected chi connectivity index (χ0v) is 17.1. The van der Waals surface area contributed by atoms with Crippen LogP contribution in [0.5, 0.6) is 5.75 Å². The number of benzene rings is 1. The molecular formula is C18H28Cl2FN3O3. The van der Waals surface area contributed by atoms with Crippen LogP contribution in [-0.4, -0.2) is 67.7 Å². The van der Waals surface area contributed by atoms with Gasteiger partial charge in [0.05, 0.1) is 13.2 Å². The third-order valence-electron chi connectivity index (χ3n) is 4.97. The molecule has 0 saturated carbocycles. The zero-order chi connectivity index (χ0) is 17.8. The first kappa shape index (κ1) is 23.9. The van der Waals surface area contributed by atoms with Gasteiger partial charge in [-0.2, -0.15) is 0 Å². The summed E-state index contributed by atoms with van der Waals surface area (Å²) in [7, 11) is 1.59. The summed E-state index contributed by atoms with van der Waals surface area (Å²) in [6.45, 7) is 3.88. The lowest BCUT2D eigenvalue weighted by Crippen LogP contribution is -2.51. The summed E-state index contributed by atoms with van der Waals surface area (Å²) < 4.78 is 24.5. The Labute approximate surface area is 172 Å². The van der Waals surface area contributed by atoms with Gasteiger partial charge in [0.15, 0.2) is 0 Å². The molecule has 2 atom stereocenters. The van der Waals surface area contributed by atoms with Crippen LogP contribution in [0.4, 0.5) is 4.39 Å². The van der Waals surface area contributed by atoms with E-state index in [4.69, 9.17) is 15.2 Å². The van der Waals surface area contributed by atoms with Gasteiger partial charge in [-0.1, -0.05) is 0 Å². The molecule has 1 amide bonds. The highest BCUT2D eigenvalue weighted by Crippen LogP contribution is 2.23. The molecule has 154 valence electrons. The van der Waals surface area contributed by atoms with Crippen molar-refractivity contribution in [3.63, 3.8) is 0 Å². The number of ether oxygens (including phenoxy) is 2. The molecule has 0 aromatic heterocycles. The van der Waals surface area contributed by atoms with E-state index in [0.29, 0.717) is 31.9 Å². The third kappa shape index (κ3) is 5.93. The van der Waals surface area contributed by atoms with E-state index in [9.17, 15) is 9.18 Å². The zero-order valence-electron chi connectivity index (χ0n) is 15.4. The SMILES string of the molecule is COc1ccc(F)cc1CN1CCN(C(=O)[C@@H]2CC[C@H](CN)O2)CC1.Cl.Cl. The van der Waals surface area contributed by atoms with Crippen LogP contribution in [-0.2, 0) is 16.1 Å². The van der Waals surface area contributed by atoms with Crippen molar-refractivity contribution in [1.29, 1.82) is 0 Å². The van der Waals surface area contributed by atoms with E-state index in [1.165, 1.54) is 12.1 Å². The largest absolute Gasteiger partial charge is 0.496 e. The second-order valence-electron chi connectivity index (χ2n) is 6.62. The van der Waals surface area contributed by atoms with Crippen LogP contribution in [0.25, 0.3) is 0 Å². The number of rotatable bonds is 5. The van der Waals surface area contributed by atoms with Gasteiger partial charge in [-0.25, -0.2) is 4.39 Å². The number of nitrogens with zero attached hydrogens (tertiary/aromatic N) is 2. The average molecular weight is 424 g/mol. The highest BCUT2D eigenvalue weighted by Gasteiger charge is 2.34. The Morgan fingerprint density at radius 1 is 1.26 bits per heavy atom. The second-order valence-corrected chi connectivity index (χ2v) is 6.62. The van der Waals surface area contributed by atoms with Crippen molar-refractivity contribution in [2.75, 3.05) is 39.8 Å². The summed E-state index contributed by atoms with van der Waals surface area (Å²) in [5, 5.41) is 0. The molecule has 6 nitrogen and oxygen atoms in total. The average Bonchev–Trinajstić information content (AvgIpc) is 3.11. The van der Waals surface area contributed by atoms with Gasteiger partial charge < -0.3 is 20.1 Å². The van der Waals surface area contributed by atoms with Crippen LogP contribution in [0.3, 0.4) is 0 Å². The summed E-state index contributed by atoms with van der Waals surface area (Å²) in [6, 6.07) is 4.56. The fourth-order valence-electron chi connectivity index (χ4n) is 3.50. The summed E-state index contributed by atoms with van der Waals surface area (Å²) in [4.78, 5) is 16.6. The van der Waals surface area contributed by atoms with E-state index in [-0.39, 0.29) is 48.7 Å². The Balaban J connectivity index is 0.00000182. The number of methoxy groups -OCH3 is 1. The molecule has 0 unspecified atom stereocenters. The van der Waals surface area contributed by atoms with Crippen LogP contribution < -0.4 is 10.5 Å². The number of carbonyl (C=O) groups is 1. The standard InChI is InChI=1S/C18H26FN3O3.2ClH/c1-24-16-4-2-14(19)10-13(16)12-21-6-8-22(9-7-21)18(23)17-5-3-15(11-20)25-17;;/h2,4,10,15,17H,3,5-9,11-12,20H2,1H3;2*1H/t15-,17+;;/m1../s1. The van der Waals surface area contributed by atoms with Crippen LogP contribution in [0.15, 0.2) is 18.2 Å². The predicted molar refractivity (Wildman–Crippen MR) is 106 cm³/mol. The summed E-state index contributed by atoms with van der Waals surface area (Å²) in [6.07, 6.45) is 1.27. The van der Waals surface area contributed by atoms with Crippen molar-refractivity contribution >= 4 is 30.7 Å². The Hall–Kier alpha value is -1.12. The molecule has 2 aliphatic heterocycles. The van der Waals surface area contributed by atoms with E-state index in [0.717, 1.165) is 31.5 Å². The van der Waals surface area contributed by atoms with Crippen LogP contribution in [0.1, 0.15) is 18.4 Å². The van der Waals surface area contributed by atoms with Gasteiger partial charge in [0.25, 0.3) is 5.91 Å². The molecule has 2 fully saturated rings. The van der Waals surface area contributed by atoms with Crippen LogP contribution in [0.2, 0.25) is 0 Å². The molecular weight excluding hydrogens is 396 g/mol. The lowest BCUT2D eigenvalue weighted by Gasteiger charge is -2.36. The molecule has 0 bridgehead atoms. The fourth-order valence-corrected chi connectivity index (χ4v) is 3.50. The van der Waals surface area contributed by atoms with Crippen LogP contribution in [0, 0.1) is 5.82 Å². The summed E-state index contributed by atoms with van der Waals surface area (Å²) >= 11 is 0. The van der Waals surface area contributed by atoms with Gasteiger partial charge >= 0.3 is 0 Å². The molecule has 2 N–H and O–H groups in total. The first-order valence-corrected chi connectivity index (χ1v) is 8.79. The Bertz CT molecular complexity index is 616. The Kier molecular flexibility index (Phi) is 9.76. The Morgan fingerprint density at radius 2 is 1.96 bits per heavy atom. The minimum absolute atomic E-state index is 0. The molecule has 3 rings (SSSR count). The first-order chi connectivity index (χ1) is 12.1. The van der Waals surface area contributed by atoms with Gasteiger partial charge in [0, 0.05) is 44.8 Å². The van der Waals surface area contributed by atoms with Gasteiger partial charge in [-0.3, -0.25) is 9.69 Å². The van der Waals surface area contributed by atoms with E-state index in [2.05, 4.69) is 4.90 Å². The number of piperazine rings is 1. The van der Waals surface area contributed by atoms with E-state index >= 15 is 0 Å². The topological polar surface area (TPSA) is 68.0 Å². The molecule has 2 heterocycles. The second kappa shape index (κ2) is 11.0. The van der Waals surface area contributed by atoms with Gasteiger partial charge in [-0.15, -0.1) is 24.8 Å². The van der Waals surface area contributed by atoms with Gasteiger partial charge in [0.1, 0.15) is 17.7 Å². The molecule has 2 saturated heterocycles. The molecule has 27 heavy (non-hydrogen) atoms. The molecule has 0 spiro atoms. The fraction of sp³-hybridized carbons (Fsp3) is 0.611. The molecule has 9 heteroatoms. The monoisotopic (exact) mass is 423 g/mol. The third-order valence-corrected chi connectivity index (χ3v) is 4.97. The predicted octanol–water partition coefficient (Wildman–Crippen LogP) is 1.83. The van der Waals surface area contributed by atoms with E-state index in [1.807, 2.05) is 4.90 Å². The minimum Gasteiger partial charge on any atom is -0.496 e. The van der Waals surface area contributed by atoms with Gasteiger partial charge in [0.2, 0.25) is 0 Å². The molecule has 0 radical (unpaired) electrons. The lowest BCUT2D eigenvalue weighted by molar-refractivity contribution is -0.144. The quantitative estimate of drug-likeness (QED) is 0.782. The smallest absolute Gasteiger partial charge is 0.251 e. The molecule has 1 aromatic rings. The van der Waals surface area contributed by atoms with Crippen molar-refractivity contribution in [2.45, 2.75) is 31.6 Å². The van der Waals surface area contributed by atoms with Crippen molar-refractivity contribution < 1.29 is 18.7 Å². The lowest BCUT2D eigenvalue weighted by atomic mass is 10.1. The number of hydrogen-bond donors (Lipinski definition) is 1. The molecule has 1 aromatic carbocycles. The highest BCUT2D eigenvalue weighted by atomic mass is 35.5. The Morgan fingerprint density at radius 3 is 2.56 bits per heavy atom. The number of amides is 1. The number of nitrogens with two attached hydrogens (primary N) is 1. The molecule has 2 aliphatic rings. The maximum atomic E-state index is 13.5. The van der Waals surface area contributed by atoms with Crippen molar-refractivity contribution in [3.8, 4) is 5.75 Å². The van der Waals surface area contributed by atoms with Crippen molar-refractivity contribution in [3.05, 3.63) is 29.6 Å². The maximum Gasteiger partial charge on any atom is 0.251 e. The number of carbonyl (C=O) groups excluding carboxylic acids is 1.